The molecule has 0 radical (unpaired) electrons. The Labute approximate surface area is 81.9 Å². The topological polar surface area (TPSA) is 37.3 Å². The van der Waals surface area contributed by atoms with Gasteiger partial charge in [0.25, 0.3) is 0 Å². The zero-order chi connectivity index (χ0) is 9.71. The summed E-state index contributed by atoms with van der Waals surface area (Å²) in [4.78, 5) is 10.9. The summed E-state index contributed by atoms with van der Waals surface area (Å²) in [5.41, 5.74) is 2.38. The van der Waals surface area contributed by atoms with E-state index in [0.717, 1.165) is 0 Å². The Morgan fingerprint density at radius 3 is 2.86 bits per heavy atom. The van der Waals surface area contributed by atoms with Crippen LogP contribution in [-0.2, 0) is 4.79 Å². The molecule has 0 unspecified atom stereocenters. The molecule has 14 heavy (non-hydrogen) atoms. The molecule has 0 amide bonds. The second kappa shape index (κ2) is 2.47. The summed E-state index contributed by atoms with van der Waals surface area (Å²) >= 11 is 0. The smallest absolute Gasteiger partial charge is 0.307 e. The van der Waals surface area contributed by atoms with E-state index >= 15 is 0 Å². The van der Waals surface area contributed by atoms with E-state index in [0.29, 0.717) is 0 Å². The van der Waals surface area contributed by atoms with Gasteiger partial charge in [-0.3, -0.25) is 4.79 Å². The Kier molecular flexibility index (Phi) is 1.38. The molecule has 0 spiro atoms. The number of fused-ring (bicyclic) bond motifs is 3. The van der Waals surface area contributed by atoms with E-state index in [1.54, 1.807) is 0 Å². The van der Waals surface area contributed by atoms with Crippen LogP contribution in [0.4, 0.5) is 0 Å². The maximum atomic E-state index is 10.9. The van der Waals surface area contributed by atoms with Crippen LogP contribution in [-0.4, -0.2) is 11.1 Å². The minimum absolute atomic E-state index is 0.185. The number of carboxylic acid groups (broad SMARTS) is 1. The van der Waals surface area contributed by atoms with E-state index in [-0.39, 0.29) is 17.8 Å². The fourth-order valence-electron chi connectivity index (χ4n) is 2.47. The molecule has 70 valence electrons. The maximum absolute atomic E-state index is 10.9. The molecule has 1 fully saturated rings. The van der Waals surface area contributed by atoms with Crippen LogP contribution in [0.25, 0.3) is 6.08 Å². The van der Waals surface area contributed by atoms with Gasteiger partial charge in [0.1, 0.15) is 0 Å². The van der Waals surface area contributed by atoms with Crippen molar-refractivity contribution in [3.63, 3.8) is 0 Å². The molecule has 1 aromatic rings. The van der Waals surface area contributed by atoms with Crippen LogP contribution in [0, 0.1) is 11.8 Å². The third-order valence-corrected chi connectivity index (χ3v) is 3.21. The molecule has 2 heteroatoms. The van der Waals surface area contributed by atoms with Crippen LogP contribution in [0.1, 0.15) is 17.0 Å². The number of hydrogen-bond acceptors (Lipinski definition) is 1. The van der Waals surface area contributed by atoms with Crippen molar-refractivity contribution in [2.45, 2.75) is 5.92 Å². The lowest BCUT2D eigenvalue weighted by atomic mass is 9.97. The van der Waals surface area contributed by atoms with Gasteiger partial charge in [0, 0.05) is 5.92 Å². The first-order chi connectivity index (χ1) is 6.79. The molecule has 3 atom stereocenters. The molecule has 3 rings (SSSR count). The van der Waals surface area contributed by atoms with Crippen molar-refractivity contribution in [3.05, 3.63) is 41.5 Å². The minimum Gasteiger partial charge on any atom is -0.481 e. The molecule has 2 aliphatic carbocycles. The SMILES string of the molecule is O=C(O)[C@@H]1[C@@H]2C=Cc3ccccc3[C@H]21. The summed E-state index contributed by atoms with van der Waals surface area (Å²) in [6, 6.07) is 8.05. The van der Waals surface area contributed by atoms with Gasteiger partial charge in [-0.25, -0.2) is 0 Å². The summed E-state index contributed by atoms with van der Waals surface area (Å²) in [5, 5.41) is 8.98. The molecule has 0 aliphatic heterocycles. The zero-order valence-electron chi connectivity index (χ0n) is 7.55. The first-order valence-electron chi connectivity index (χ1n) is 4.79. The Balaban J connectivity index is 2.06. The number of carbonyl (C=O) groups is 1. The predicted molar refractivity (Wildman–Crippen MR) is 52.8 cm³/mol. The van der Waals surface area contributed by atoms with E-state index in [1.807, 2.05) is 36.4 Å². The van der Waals surface area contributed by atoms with Crippen molar-refractivity contribution < 1.29 is 9.90 Å². The zero-order valence-corrected chi connectivity index (χ0v) is 7.55. The van der Waals surface area contributed by atoms with Crippen LogP contribution >= 0.6 is 0 Å². The summed E-state index contributed by atoms with van der Waals surface area (Å²) < 4.78 is 0. The highest BCUT2D eigenvalue weighted by molar-refractivity contribution is 5.80. The quantitative estimate of drug-likeness (QED) is 0.729. The highest BCUT2D eigenvalue weighted by Gasteiger charge is 2.55. The van der Waals surface area contributed by atoms with Gasteiger partial charge in [-0.2, -0.15) is 0 Å². The first-order valence-corrected chi connectivity index (χ1v) is 4.79. The second-order valence-corrected chi connectivity index (χ2v) is 3.96. The lowest BCUT2D eigenvalue weighted by molar-refractivity contribution is -0.138. The summed E-state index contributed by atoms with van der Waals surface area (Å²) in [6.45, 7) is 0. The summed E-state index contributed by atoms with van der Waals surface area (Å²) in [6.07, 6.45) is 4.07. The highest BCUT2D eigenvalue weighted by atomic mass is 16.4. The lowest BCUT2D eigenvalue weighted by Gasteiger charge is -2.07. The Bertz CT molecular complexity index is 434. The number of rotatable bonds is 1. The van der Waals surface area contributed by atoms with Crippen LogP contribution in [0.15, 0.2) is 30.3 Å². The van der Waals surface area contributed by atoms with E-state index in [2.05, 4.69) is 0 Å². The van der Waals surface area contributed by atoms with Crippen LogP contribution in [0.5, 0.6) is 0 Å². The van der Waals surface area contributed by atoms with Gasteiger partial charge in [-0.15, -0.1) is 0 Å². The van der Waals surface area contributed by atoms with Crippen molar-refractivity contribution in [2.24, 2.45) is 11.8 Å². The van der Waals surface area contributed by atoms with Crippen LogP contribution in [0.2, 0.25) is 0 Å². The van der Waals surface area contributed by atoms with Crippen molar-refractivity contribution in [3.8, 4) is 0 Å². The molecule has 0 saturated heterocycles. The molecular weight excluding hydrogens is 176 g/mol. The summed E-state index contributed by atoms with van der Waals surface area (Å²) in [7, 11) is 0. The van der Waals surface area contributed by atoms with Crippen LogP contribution < -0.4 is 0 Å². The summed E-state index contributed by atoms with van der Waals surface area (Å²) in [5.74, 6) is -0.382. The standard InChI is InChI=1S/C12H10O2/c13-12(14)11-9-6-5-7-3-1-2-4-8(7)10(9)11/h1-6,9-11H,(H,13,14)/t9-,10-,11-/m1/s1. The second-order valence-electron chi connectivity index (χ2n) is 3.96. The van der Waals surface area contributed by atoms with Gasteiger partial charge >= 0.3 is 5.97 Å². The number of carboxylic acids is 1. The predicted octanol–water partition coefficient (Wildman–Crippen LogP) is 2.13. The molecule has 2 aliphatic rings. The van der Waals surface area contributed by atoms with Gasteiger partial charge in [-0.05, 0) is 17.0 Å². The van der Waals surface area contributed by atoms with E-state index in [4.69, 9.17) is 5.11 Å². The number of allylic oxidation sites excluding steroid dienone is 1. The lowest BCUT2D eigenvalue weighted by Crippen LogP contribution is -1.99. The van der Waals surface area contributed by atoms with Crippen molar-refractivity contribution in [2.75, 3.05) is 0 Å². The Morgan fingerprint density at radius 1 is 1.29 bits per heavy atom. The molecular formula is C12H10O2. The molecule has 1 N–H and O–H groups in total. The number of hydrogen-bond donors (Lipinski definition) is 1. The number of aliphatic carboxylic acids is 1. The maximum Gasteiger partial charge on any atom is 0.307 e. The first kappa shape index (κ1) is 7.80. The average molecular weight is 186 g/mol. The van der Waals surface area contributed by atoms with Gasteiger partial charge in [-0.1, -0.05) is 36.4 Å². The van der Waals surface area contributed by atoms with Gasteiger partial charge < -0.3 is 5.11 Å². The van der Waals surface area contributed by atoms with Gasteiger partial charge in [0.05, 0.1) is 5.92 Å². The normalized spacial score (nSPS) is 31.9. The van der Waals surface area contributed by atoms with Crippen molar-refractivity contribution in [1.82, 2.24) is 0 Å². The number of benzene rings is 1. The molecule has 1 saturated carbocycles. The van der Waals surface area contributed by atoms with E-state index in [9.17, 15) is 4.79 Å². The van der Waals surface area contributed by atoms with Crippen LogP contribution in [0.3, 0.4) is 0 Å². The van der Waals surface area contributed by atoms with Crippen molar-refractivity contribution >= 4 is 12.0 Å². The van der Waals surface area contributed by atoms with E-state index in [1.165, 1.54) is 11.1 Å². The van der Waals surface area contributed by atoms with Gasteiger partial charge in [0.2, 0.25) is 0 Å². The third-order valence-electron chi connectivity index (χ3n) is 3.21. The average Bonchev–Trinajstić information content (AvgIpc) is 2.92. The van der Waals surface area contributed by atoms with Crippen molar-refractivity contribution in [1.29, 1.82) is 0 Å². The monoisotopic (exact) mass is 186 g/mol. The Hall–Kier alpha value is -1.57. The Morgan fingerprint density at radius 2 is 2.07 bits per heavy atom. The minimum atomic E-state index is -0.665. The fourth-order valence-corrected chi connectivity index (χ4v) is 2.47. The largest absolute Gasteiger partial charge is 0.481 e. The highest BCUT2D eigenvalue weighted by Crippen LogP contribution is 2.58. The molecule has 0 aromatic heterocycles. The molecule has 0 bridgehead atoms. The molecule has 1 aromatic carbocycles. The third kappa shape index (κ3) is 0.882. The van der Waals surface area contributed by atoms with E-state index < -0.39 is 5.97 Å². The molecule has 2 nitrogen and oxygen atoms in total. The fraction of sp³-hybridized carbons (Fsp3) is 0.250. The molecule has 0 heterocycles. The van der Waals surface area contributed by atoms with Gasteiger partial charge in [0.15, 0.2) is 0 Å².